The minimum absolute atomic E-state index is 0.0101. The second-order valence-electron chi connectivity index (χ2n) is 10.3. The minimum Gasteiger partial charge on any atom is -0.489 e. The van der Waals surface area contributed by atoms with Crippen molar-refractivity contribution in [1.29, 1.82) is 0 Å². The van der Waals surface area contributed by atoms with Gasteiger partial charge in [-0.2, -0.15) is 0 Å². The second-order valence-corrected chi connectivity index (χ2v) is 10.3. The number of carbonyl (C=O) groups is 2. The lowest BCUT2D eigenvalue weighted by Gasteiger charge is -2.47. The quantitative estimate of drug-likeness (QED) is 0.551. The molecule has 0 bridgehead atoms. The molecule has 0 aliphatic carbocycles. The summed E-state index contributed by atoms with van der Waals surface area (Å²) in [6, 6.07) is 11.0. The van der Waals surface area contributed by atoms with Crippen molar-refractivity contribution in [2.24, 2.45) is 5.41 Å². The fraction of sp³-hybridized carbons (Fsp3) is 0.407. The van der Waals surface area contributed by atoms with Crippen LogP contribution in [0.1, 0.15) is 29.0 Å². The van der Waals surface area contributed by atoms with Crippen LogP contribution in [0.2, 0.25) is 0 Å². The Morgan fingerprint density at radius 1 is 1.16 bits per heavy atom. The Morgan fingerprint density at radius 3 is 2.63 bits per heavy atom. The number of piperidine rings is 1. The number of nitrogens with one attached hydrogen (secondary N) is 1. The molecule has 3 aliphatic rings. The number of likely N-dealkylation sites (N-methyl/N-ethyl adjacent to an activating group) is 1. The van der Waals surface area contributed by atoms with E-state index in [2.05, 4.69) is 20.3 Å². The maximum atomic E-state index is 13.3. The Hall–Kier alpha value is -3.99. The van der Waals surface area contributed by atoms with Crippen molar-refractivity contribution >= 4 is 23.2 Å². The molecule has 4 heterocycles. The highest BCUT2D eigenvalue weighted by molar-refractivity contribution is 6.02. The number of anilines is 2. The van der Waals surface area contributed by atoms with Crippen molar-refractivity contribution in [2.75, 3.05) is 49.8 Å². The van der Waals surface area contributed by atoms with Crippen LogP contribution in [-0.2, 0) is 16.1 Å². The van der Waals surface area contributed by atoms with Crippen molar-refractivity contribution in [3.8, 4) is 5.75 Å². The number of rotatable bonds is 5. The van der Waals surface area contributed by atoms with E-state index in [0.29, 0.717) is 23.4 Å². The number of ether oxygens (including phenoxy) is 2. The lowest BCUT2D eigenvalue weighted by molar-refractivity contribution is -0.124. The van der Waals surface area contributed by atoms with Gasteiger partial charge in [-0.05, 0) is 48.7 Å². The van der Waals surface area contributed by atoms with Gasteiger partial charge < -0.3 is 24.6 Å². The number of carbonyl (C=O) groups excluding carboxylic acids is 2. The third-order valence-corrected chi connectivity index (χ3v) is 7.65. The number of aromatic nitrogens is 3. The van der Waals surface area contributed by atoms with Crippen LogP contribution in [-0.4, -0.2) is 72.6 Å². The number of hydrogen-bond acceptors (Lipinski definition) is 7. The molecule has 2 fully saturated rings. The average molecular weight is 521 g/mol. The van der Waals surface area contributed by atoms with Crippen molar-refractivity contribution in [3.05, 3.63) is 66.0 Å². The summed E-state index contributed by atoms with van der Waals surface area (Å²) in [6.45, 7) is 3.92. The van der Waals surface area contributed by atoms with Crippen LogP contribution >= 0.6 is 0 Å². The van der Waals surface area contributed by atoms with Gasteiger partial charge in [0.25, 0.3) is 11.8 Å². The standard InChI is InChI=1S/C27H29FN6O4/c1-32-22-12-20(33-10-8-27(9-11-33)15-37-16-27)6-7-23(22)38-14-21(26(32)36)30-25(35)24-29-17-34(31-24)13-18-2-4-19(28)5-3-18/h2-7,12,17,21H,8-11,13-16H2,1H3,(H,30,35). The third kappa shape index (κ3) is 4.69. The first-order valence-corrected chi connectivity index (χ1v) is 12.7. The summed E-state index contributed by atoms with van der Waals surface area (Å²) in [6.07, 6.45) is 3.61. The van der Waals surface area contributed by atoms with Crippen LogP contribution in [0.15, 0.2) is 48.8 Å². The molecule has 1 spiro atoms. The van der Waals surface area contributed by atoms with Gasteiger partial charge in [-0.15, -0.1) is 5.10 Å². The summed E-state index contributed by atoms with van der Waals surface area (Å²) in [5.74, 6) is -0.665. The van der Waals surface area contributed by atoms with E-state index in [9.17, 15) is 14.0 Å². The Balaban J connectivity index is 1.11. The maximum absolute atomic E-state index is 13.3. The van der Waals surface area contributed by atoms with Gasteiger partial charge in [0, 0.05) is 31.2 Å². The molecule has 3 aromatic rings. The van der Waals surface area contributed by atoms with Gasteiger partial charge >= 0.3 is 0 Å². The van der Waals surface area contributed by atoms with Gasteiger partial charge in [0.05, 0.1) is 25.4 Å². The molecule has 11 heteroatoms. The molecule has 2 aromatic carbocycles. The number of fused-ring (bicyclic) bond motifs is 1. The molecule has 1 atom stereocenters. The minimum atomic E-state index is -0.902. The largest absolute Gasteiger partial charge is 0.489 e. The molecule has 38 heavy (non-hydrogen) atoms. The van der Waals surface area contributed by atoms with Crippen LogP contribution in [0.4, 0.5) is 15.8 Å². The molecule has 10 nitrogen and oxygen atoms in total. The molecule has 0 radical (unpaired) electrons. The normalized spacial score (nSPS) is 20.4. The first-order valence-electron chi connectivity index (χ1n) is 12.7. The first-order chi connectivity index (χ1) is 18.4. The van der Waals surface area contributed by atoms with Gasteiger partial charge in [0.2, 0.25) is 5.82 Å². The van der Waals surface area contributed by atoms with Crippen molar-refractivity contribution in [2.45, 2.75) is 25.4 Å². The van der Waals surface area contributed by atoms with Gasteiger partial charge in [0.1, 0.15) is 30.5 Å². The molecule has 1 aromatic heterocycles. The van der Waals surface area contributed by atoms with Crippen LogP contribution in [0.25, 0.3) is 0 Å². The number of nitrogens with zero attached hydrogens (tertiary/aromatic N) is 5. The summed E-state index contributed by atoms with van der Waals surface area (Å²) in [4.78, 5) is 34.1. The average Bonchev–Trinajstić information content (AvgIpc) is 3.35. The third-order valence-electron chi connectivity index (χ3n) is 7.65. The molecule has 1 unspecified atom stereocenters. The topological polar surface area (TPSA) is 102 Å². The van der Waals surface area contributed by atoms with Gasteiger partial charge in [-0.25, -0.2) is 14.1 Å². The van der Waals surface area contributed by atoms with Gasteiger partial charge in [-0.3, -0.25) is 9.59 Å². The van der Waals surface area contributed by atoms with Crippen molar-refractivity contribution < 1.29 is 23.5 Å². The Kier molecular flexibility index (Phi) is 6.22. The van der Waals surface area contributed by atoms with E-state index in [1.54, 1.807) is 19.2 Å². The fourth-order valence-electron chi connectivity index (χ4n) is 5.18. The van der Waals surface area contributed by atoms with E-state index in [-0.39, 0.29) is 24.2 Å². The number of hydrogen-bond donors (Lipinski definition) is 1. The highest BCUT2D eigenvalue weighted by atomic mass is 19.1. The summed E-state index contributed by atoms with van der Waals surface area (Å²) < 4.78 is 26.0. The Labute approximate surface area is 219 Å². The lowest BCUT2D eigenvalue weighted by atomic mass is 9.77. The van der Waals surface area contributed by atoms with Gasteiger partial charge in [-0.1, -0.05) is 12.1 Å². The van der Waals surface area contributed by atoms with Gasteiger partial charge in [0.15, 0.2) is 0 Å². The molecular formula is C27H29FN6O4. The summed E-state index contributed by atoms with van der Waals surface area (Å²) >= 11 is 0. The predicted octanol–water partition coefficient (Wildman–Crippen LogP) is 2.24. The number of benzene rings is 2. The molecule has 2 saturated heterocycles. The highest BCUT2D eigenvalue weighted by Crippen LogP contribution is 2.41. The molecule has 198 valence electrons. The number of amides is 2. The maximum Gasteiger partial charge on any atom is 0.291 e. The fourth-order valence-corrected chi connectivity index (χ4v) is 5.18. The van der Waals surface area contributed by atoms with E-state index in [1.165, 1.54) is 28.0 Å². The molecule has 1 N–H and O–H groups in total. The first kappa shape index (κ1) is 24.4. The van der Waals surface area contributed by atoms with Crippen LogP contribution in [0, 0.1) is 11.2 Å². The lowest BCUT2D eigenvalue weighted by Crippen LogP contribution is -2.51. The highest BCUT2D eigenvalue weighted by Gasteiger charge is 2.41. The van der Waals surface area contributed by atoms with E-state index in [0.717, 1.165) is 50.4 Å². The zero-order valence-corrected chi connectivity index (χ0v) is 21.1. The summed E-state index contributed by atoms with van der Waals surface area (Å²) in [7, 11) is 1.69. The van der Waals surface area contributed by atoms with Crippen molar-refractivity contribution in [1.82, 2.24) is 20.1 Å². The van der Waals surface area contributed by atoms with E-state index in [1.807, 2.05) is 18.2 Å². The molecule has 2 amide bonds. The Morgan fingerprint density at radius 2 is 1.92 bits per heavy atom. The van der Waals surface area contributed by atoms with Crippen molar-refractivity contribution in [3.63, 3.8) is 0 Å². The Bertz CT molecular complexity index is 1350. The van der Waals surface area contributed by atoms with Crippen LogP contribution in [0.5, 0.6) is 5.75 Å². The van der Waals surface area contributed by atoms with Crippen LogP contribution in [0.3, 0.4) is 0 Å². The van der Waals surface area contributed by atoms with E-state index in [4.69, 9.17) is 9.47 Å². The summed E-state index contributed by atoms with van der Waals surface area (Å²) in [5.41, 5.74) is 2.86. The van der Waals surface area contributed by atoms with E-state index < -0.39 is 11.9 Å². The van der Waals surface area contributed by atoms with E-state index >= 15 is 0 Å². The predicted molar refractivity (Wildman–Crippen MR) is 137 cm³/mol. The monoisotopic (exact) mass is 520 g/mol. The smallest absolute Gasteiger partial charge is 0.291 e. The summed E-state index contributed by atoms with van der Waals surface area (Å²) in [5, 5.41) is 6.91. The van der Waals surface area contributed by atoms with Crippen LogP contribution < -0.4 is 19.9 Å². The zero-order chi connectivity index (χ0) is 26.3. The molecule has 3 aliphatic heterocycles. The molecule has 0 saturated carbocycles. The SMILES string of the molecule is CN1C(=O)C(NC(=O)c2ncn(Cc3ccc(F)cc3)n2)COc2ccc(N3CCC4(CC3)COC4)cc21. The molecule has 6 rings (SSSR count). The molecular weight excluding hydrogens is 491 g/mol. The second kappa shape index (κ2) is 9.71. The zero-order valence-electron chi connectivity index (χ0n) is 21.1. The number of halogens is 1.